The van der Waals surface area contributed by atoms with E-state index in [2.05, 4.69) is 33.0 Å². The van der Waals surface area contributed by atoms with E-state index in [-0.39, 0.29) is 109 Å². The van der Waals surface area contributed by atoms with Crippen LogP contribution in [0, 0.1) is 0 Å². The molecule has 0 atom stereocenters. The fraction of sp³-hybridized carbons (Fsp3) is 0.740. The molecule has 2 rings (SSSR count). The molecule has 8 amide bonds. The molecular weight excluding hydrogens is 1210 g/mol. The molecule has 19 heteroatoms. The molecule has 0 fully saturated rings. The number of carbonyl (C=O) groups is 8. The van der Waals surface area contributed by atoms with Gasteiger partial charge in [0.05, 0.1) is 52.4 Å². The summed E-state index contributed by atoms with van der Waals surface area (Å²) in [7, 11) is 0. The van der Waals surface area contributed by atoms with E-state index in [1.165, 1.54) is 77.4 Å². The van der Waals surface area contributed by atoms with Gasteiger partial charge in [-0.2, -0.15) is 0 Å². The number of nitrogens with one attached hydrogen (secondary N) is 1. The summed E-state index contributed by atoms with van der Waals surface area (Å²) in [5, 5.41) is 3.10. The molecule has 0 aliphatic rings. The Morgan fingerprint density at radius 3 is 0.802 bits per heavy atom. The number of benzene rings is 2. The second-order valence-corrected chi connectivity index (χ2v) is 26.7. The third-order valence-electron chi connectivity index (χ3n) is 18.2. The van der Waals surface area contributed by atoms with Crippen molar-refractivity contribution in [2.24, 2.45) is 17.2 Å². The number of hydrogen-bond donors (Lipinski definition) is 4. The number of unbranched alkanes of at least 4 members (excludes halogenated alkanes) is 28. The van der Waals surface area contributed by atoms with Gasteiger partial charge in [0.25, 0.3) is 0 Å². The standard InChI is InChI=1S/C77H135N11O8/c1-5-9-13-17-21-25-29-39-53-82(61-70(80)89)72(91)62-83(54-40-30-26-22-18-14-10-6-2)73(92)63-84(55-41-31-27-23-19-15-11-7-3)74(93)64-85(56-42-32-28-24-20-16-12-8-4)75(94)65-86(57-48-68-44-35-33-36-45-68)76(95)66-87(58-49-69-46-37-34-38-47-69)77(96)67-88(59-51-79)71(90)60-81-52-43-50-78/h33-38,44-47,81H,5-32,39-43,48-67,78-79H2,1-4H3,(H2,80,89). The van der Waals surface area contributed by atoms with Crippen LogP contribution in [0.3, 0.4) is 0 Å². The zero-order valence-corrected chi connectivity index (χ0v) is 60.9. The summed E-state index contributed by atoms with van der Waals surface area (Å²) in [5.74, 6) is -3.36. The van der Waals surface area contributed by atoms with Gasteiger partial charge in [0.15, 0.2) is 0 Å². The predicted molar refractivity (Wildman–Crippen MR) is 392 cm³/mol. The lowest BCUT2D eigenvalue weighted by atomic mass is 10.1. The van der Waals surface area contributed by atoms with Crippen LogP contribution in [0.4, 0.5) is 0 Å². The van der Waals surface area contributed by atoms with E-state index >= 15 is 19.2 Å². The topological polar surface area (TPSA) is 249 Å². The molecule has 0 unspecified atom stereocenters. The van der Waals surface area contributed by atoms with Gasteiger partial charge in [0.1, 0.15) is 0 Å². The Morgan fingerprint density at radius 2 is 0.542 bits per heavy atom. The van der Waals surface area contributed by atoms with Crippen LogP contribution in [0.5, 0.6) is 0 Å². The Labute approximate surface area is 581 Å². The maximum absolute atomic E-state index is 15.3. The molecule has 2 aromatic carbocycles. The van der Waals surface area contributed by atoms with Crippen LogP contribution in [0.1, 0.15) is 251 Å². The monoisotopic (exact) mass is 1340 g/mol. The normalized spacial score (nSPS) is 11.1. The smallest absolute Gasteiger partial charge is 0.242 e. The van der Waals surface area contributed by atoms with Gasteiger partial charge in [-0.15, -0.1) is 0 Å². The number of primary amides is 1. The number of nitrogens with two attached hydrogens (primary N) is 3. The summed E-state index contributed by atoms with van der Waals surface area (Å²) in [6.45, 7) is 9.41. The Hall–Kier alpha value is -5.92. The first-order valence-corrected chi connectivity index (χ1v) is 38.1. The quantitative estimate of drug-likeness (QED) is 0.0453. The average molecular weight is 1340 g/mol. The summed E-state index contributed by atoms with van der Waals surface area (Å²) in [6, 6.07) is 19.3. The fourth-order valence-corrected chi connectivity index (χ4v) is 12.1. The lowest BCUT2D eigenvalue weighted by Crippen LogP contribution is -2.53. The highest BCUT2D eigenvalue weighted by Gasteiger charge is 2.31. The number of rotatable bonds is 63. The minimum atomic E-state index is -0.616. The van der Waals surface area contributed by atoms with Crippen molar-refractivity contribution >= 4 is 47.3 Å². The SMILES string of the molecule is CCCCCCCCCCN(CC(N)=O)C(=O)CN(CCCCCCCCCC)C(=O)CN(CCCCCCCCCC)C(=O)CN(CCCCCCCCCC)C(=O)CN(CCc1ccccc1)C(=O)CN(CCc1ccccc1)C(=O)CN(CCN)C(=O)CNCCCN. The van der Waals surface area contributed by atoms with E-state index < -0.39 is 29.5 Å². The minimum Gasteiger partial charge on any atom is -0.368 e. The van der Waals surface area contributed by atoms with Crippen LogP contribution >= 0.6 is 0 Å². The van der Waals surface area contributed by atoms with E-state index in [1.54, 1.807) is 14.7 Å². The molecule has 7 N–H and O–H groups in total. The van der Waals surface area contributed by atoms with Crippen LogP contribution in [-0.4, -0.2) is 199 Å². The van der Waals surface area contributed by atoms with Crippen molar-refractivity contribution in [1.82, 2.24) is 39.6 Å². The van der Waals surface area contributed by atoms with Crippen molar-refractivity contribution in [1.29, 1.82) is 0 Å². The van der Waals surface area contributed by atoms with E-state index in [4.69, 9.17) is 17.2 Å². The second-order valence-electron chi connectivity index (χ2n) is 26.7. The van der Waals surface area contributed by atoms with Crippen LogP contribution in [0.2, 0.25) is 0 Å². The maximum atomic E-state index is 15.3. The number of hydrogen-bond acceptors (Lipinski definition) is 11. The Balaban J connectivity index is 2.65. The lowest BCUT2D eigenvalue weighted by Gasteiger charge is -2.32. The summed E-state index contributed by atoms with van der Waals surface area (Å²) < 4.78 is 0. The summed E-state index contributed by atoms with van der Waals surface area (Å²) in [4.78, 5) is 126. The van der Waals surface area contributed by atoms with Gasteiger partial charge < -0.3 is 56.8 Å². The molecule has 0 aliphatic carbocycles. The highest BCUT2D eigenvalue weighted by molar-refractivity contribution is 5.93. The maximum Gasteiger partial charge on any atom is 0.242 e. The number of amides is 8. The van der Waals surface area contributed by atoms with E-state index in [9.17, 15) is 19.2 Å². The van der Waals surface area contributed by atoms with E-state index in [0.29, 0.717) is 71.1 Å². The van der Waals surface area contributed by atoms with Crippen LogP contribution in [0.25, 0.3) is 0 Å². The van der Waals surface area contributed by atoms with E-state index in [0.717, 1.165) is 133 Å². The molecule has 19 nitrogen and oxygen atoms in total. The molecule has 96 heavy (non-hydrogen) atoms. The predicted octanol–water partition coefficient (Wildman–Crippen LogP) is 11.2. The van der Waals surface area contributed by atoms with Gasteiger partial charge in [-0.25, -0.2) is 0 Å². The largest absolute Gasteiger partial charge is 0.368 e. The van der Waals surface area contributed by atoms with Crippen LogP contribution in [0.15, 0.2) is 60.7 Å². The van der Waals surface area contributed by atoms with Crippen LogP contribution < -0.4 is 22.5 Å². The van der Waals surface area contributed by atoms with Gasteiger partial charge in [0.2, 0.25) is 47.3 Å². The lowest BCUT2D eigenvalue weighted by molar-refractivity contribution is -0.148. The van der Waals surface area contributed by atoms with Crippen LogP contribution in [-0.2, 0) is 51.2 Å². The van der Waals surface area contributed by atoms with Crippen molar-refractivity contribution in [3.63, 3.8) is 0 Å². The van der Waals surface area contributed by atoms with Crippen molar-refractivity contribution < 1.29 is 38.4 Å². The molecule has 0 radical (unpaired) electrons. The van der Waals surface area contributed by atoms with Gasteiger partial charge in [-0.1, -0.05) is 268 Å². The zero-order valence-electron chi connectivity index (χ0n) is 60.9. The fourth-order valence-electron chi connectivity index (χ4n) is 12.1. The summed E-state index contributed by atoms with van der Waals surface area (Å²) in [6.07, 6.45) is 34.7. The first-order valence-electron chi connectivity index (χ1n) is 38.1. The van der Waals surface area contributed by atoms with Crippen molar-refractivity contribution in [2.75, 3.05) is 118 Å². The molecule has 2 aromatic rings. The first kappa shape index (κ1) is 86.2. The second kappa shape index (κ2) is 58.1. The highest BCUT2D eigenvalue weighted by atomic mass is 16.2. The molecule has 0 bridgehead atoms. The van der Waals surface area contributed by atoms with E-state index in [1.807, 2.05) is 60.7 Å². The molecule has 0 aliphatic heterocycles. The molecule has 0 saturated carbocycles. The minimum absolute atomic E-state index is 0.00630. The molecular formula is C77H135N11O8. The highest BCUT2D eigenvalue weighted by Crippen LogP contribution is 2.17. The molecule has 0 spiro atoms. The molecule has 0 aromatic heterocycles. The Morgan fingerprint density at radius 1 is 0.292 bits per heavy atom. The van der Waals surface area contributed by atoms with Gasteiger partial charge in [-0.05, 0) is 69.2 Å². The molecule has 546 valence electrons. The van der Waals surface area contributed by atoms with Crippen molar-refractivity contribution in [3.8, 4) is 0 Å². The first-order chi connectivity index (χ1) is 46.7. The number of carbonyl (C=O) groups excluding carboxylic acids is 8. The Bertz CT molecular complexity index is 2350. The van der Waals surface area contributed by atoms with Gasteiger partial charge in [0, 0.05) is 52.4 Å². The van der Waals surface area contributed by atoms with Gasteiger partial charge in [-0.3, -0.25) is 38.4 Å². The van der Waals surface area contributed by atoms with Crippen molar-refractivity contribution in [3.05, 3.63) is 71.8 Å². The van der Waals surface area contributed by atoms with Crippen molar-refractivity contribution in [2.45, 2.75) is 252 Å². The van der Waals surface area contributed by atoms with Gasteiger partial charge >= 0.3 is 0 Å². The zero-order chi connectivity index (χ0) is 70.1. The summed E-state index contributed by atoms with van der Waals surface area (Å²) in [5.41, 5.74) is 19.3. The molecule has 0 saturated heterocycles. The average Bonchev–Trinajstić information content (AvgIpc) is 1.35. The third-order valence-corrected chi connectivity index (χ3v) is 18.2. The molecule has 0 heterocycles. The number of nitrogens with zero attached hydrogens (tertiary/aromatic N) is 7. The third kappa shape index (κ3) is 42.7. The summed E-state index contributed by atoms with van der Waals surface area (Å²) >= 11 is 0. The Kier molecular flexibility index (Phi) is 52.1.